The Morgan fingerprint density at radius 3 is 2.00 bits per heavy atom. The van der Waals surface area contributed by atoms with Crippen LogP contribution in [0.3, 0.4) is 0 Å². The maximum atomic E-state index is 2.81. The first-order chi connectivity index (χ1) is 8.63. The highest BCUT2D eigenvalue weighted by Gasteiger charge is 2.05. The molecule has 0 heterocycles. The third-order valence-electron chi connectivity index (χ3n) is 3.09. The molecule has 0 saturated heterocycles. The summed E-state index contributed by atoms with van der Waals surface area (Å²) in [5.41, 5.74) is 6.75. The van der Waals surface area contributed by atoms with E-state index in [0.29, 0.717) is 0 Å². The normalized spacial score (nSPS) is 10.7. The molecule has 0 N–H and O–H groups in total. The van der Waals surface area contributed by atoms with Gasteiger partial charge in [-0.3, -0.25) is 0 Å². The van der Waals surface area contributed by atoms with Crippen LogP contribution in [0.25, 0.3) is 11.1 Å². The Bertz CT molecular complexity index is 539. The van der Waals surface area contributed by atoms with Crippen LogP contribution in [0, 0.1) is 6.92 Å². The van der Waals surface area contributed by atoms with Gasteiger partial charge in [-0.2, -0.15) is 0 Å². The van der Waals surface area contributed by atoms with Gasteiger partial charge in [-0.15, -0.1) is 27.7 Å². The average molecular weight is 292 g/mol. The first kappa shape index (κ1) is 14.1. The molecule has 0 saturated carbocycles. The summed E-state index contributed by atoms with van der Waals surface area (Å²) in [5, 5.41) is 1.24. The van der Waals surface area contributed by atoms with Crippen LogP contribution < -0.4 is 5.30 Å². The quantitative estimate of drug-likeness (QED) is 0.752. The molecule has 3 atom stereocenters. The van der Waals surface area contributed by atoms with Crippen molar-refractivity contribution < 1.29 is 0 Å². The predicted octanol–water partition coefficient (Wildman–Crippen LogP) is 3.91. The van der Waals surface area contributed by atoms with E-state index in [1.54, 1.807) is 0 Å². The van der Waals surface area contributed by atoms with Crippen LogP contribution in [0.2, 0.25) is 0 Å². The van der Waals surface area contributed by atoms with Gasteiger partial charge in [0.25, 0.3) is 0 Å². The van der Waals surface area contributed by atoms with Crippen LogP contribution in [0.1, 0.15) is 16.7 Å². The molecule has 2 rings (SSSR count). The van der Waals surface area contributed by atoms with Gasteiger partial charge in [0.05, 0.1) is 0 Å². The van der Waals surface area contributed by atoms with Crippen molar-refractivity contribution in [3.8, 4) is 11.1 Å². The van der Waals surface area contributed by atoms with E-state index in [1.807, 2.05) is 0 Å². The topological polar surface area (TPSA) is 0 Å². The molecule has 94 valence electrons. The maximum Gasteiger partial charge on any atom is -0.0128 e. The van der Waals surface area contributed by atoms with Crippen molar-refractivity contribution in [1.29, 1.82) is 0 Å². The maximum absolute atomic E-state index is 2.81. The van der Waals surface area contributed by atoms with E-state index in [-0.39, 0.29) is 0 Å². The second-order valence-electron chi connectivity index (χ2n) is 4.52. The number of hydrogen-bond acceptors (Lipinski definition) is 0. The second kappa shape index (κ2) is 6.25. The zero-order chi connectivity index (χ0) is 13.1. The van der Waals surface area contributed by atoms with Gasteiger partial charge in [-0.05, 0) is 52.4 Å². The summed E-state index contributed by atoms with van der Waals surface area (Å²) in [7, 11) is 8.37. The highest BCUT2D eigenvalue weighted by molar-refractivity contribution is 7.27. The monoisotopic (exact) mass is 292 g/mol. The molecule has 3 unspecified atom stereocenters. The number of hydrogen-bond donors (Lipinski definition) is 0. The lowest BCUT2D eigenvalue weighted by molar-refractivity contribution is 1.33. The van der Waals surface area contributed by atoms with Crippen LogP contribution in [0.5, 0.6) is 0 Å². The first-order valence-electron chi connectivity index (χ1n) is 6.03. The van der Waals surface area contributed by atoms with Crippen molar-refractivity contribution in [1.82, 2.24) is 0 Å². The molecule has 0 spiro atoms. The van der Waals surface area contributed by atoms with E-state index in [1.165, 1.54) is 33.1 Å². The molecule has 18 heavy (non-hydrogen) atoms. The zero-order valence-electron chi connectivity index (χ0n) is 10.6. The van der Waals surface area contributed by atoms with E-state index in [4.69, 9.17) is 0 Å². The number of rotatable bonds is 3. The van der Waals surface area contributed by atoms with Crippen molar-refractivity contribution in [2.45, 2.75) is 19.2 Å². The molecule has 3 heteroatoms. The van der Waals surface area contributed by atoms with E-state index in [0.717, 1.165) is 12.3 Å². The summed E-state index contributed by atoms with van der Waals surface area (Å²) in [4.78, 5) is 0. The molecule has 2 aromatic carbocycles. The Labute approximate surface area is 117 Å². The van der Waals surface area contributed by atoms with E-state index in [2.05, 4.69) is 71.0 Å². The van der Waals surface area contributed by atoms with Gasteiger partial charge in [0.2, 0.25) is 0 Å². The third kappa shape index (κ3) is 3.19. The lowest BCUT2D eigenvalue weighted by Crippen LogP contribution is -1.94. The van der Waals surface area contributed by atoms with Crippen LogP contribution in [0.4, 0.5) is 0 Å². The lowest BCUT2D eigenvalue weighted by Gasteiger charge is -2.11. The summed E-state index contributed by atoms with van der Waals surface area (Å²) in [6.07, 6.45) is 2.01. The molecule has 0 aliphatic heterocycles. The standard InChI is InChI=1S/C15H19P3/c1-10-4-14(18)2-3-15(10)13-6-11(8-16)5-12(7-13)9-17/h2-7H,8-9,16-18H2,1H3. The Morgan fingerprint density at radius 2 is 1.50 bits per heavy atom. The van der Waals surface area contributed by atoms with E-state index < -0.39 is 0 Å². The Balaban J connectivity index is 2.55. The summed E-state index contributed by atoms with van der Waals surface area (Å²) in [6, 6.07) is 13.5. The van der Waals surface area contributed by atoms with Crippen LogP contribution >= 0.6 is 27.7 Å². The van der Waals surface area contributed by atoms with Gasteiger partial charge >= 0.3 is 0 Å². The minimum absolute atomic E-state index is 1.01. The van der Waals surface area contributed by atoms with Gasteiger partial charge in [0.1, 0.15) is 0 Å². The van der Waals surface area contributed by atoms with Gasteiger partial charge < -0.3 is 0 Å². The fraction of sp³-hybridized carbons (Fsp3) is 0.200. The number of benzene rings is 2. The Kier molecular flexibility index (Phi) is 4.91. The van der Waals surface area contributed by atoms with Crippen LogP contribution in [0.15, 0.2) is 36.4 Å². The summed E-state index contributed by atoms with van der Waals surface area (Å²) >= 11 is 0. The number of aryl methyl sites for hydroxylation is 1. The summed E-state index contributed by atoms with van der Waals surface area (Å²) < 4.78 is 0. The molecule has 2 aromatic rings. The van der Waals surface area contributed by atoms with Gasteiger partial charge in [0, 0.05) is 0 Å². The molecule has 0 nitrogen and oxygen atoms in total. The van der Waals surface area contributed by atoms with Gasteiger partial charge in [-0.25, -0.2) is 0 Å². The smallest absolute Gasteiger partial charge is 0.0128 e. The molecule has 0 aromatic heterocycles. The summed E-state index contributed by atoms with van der Waals surface area (Å²) in [6.45, 7) is 2.18. The highest BCUT2D eigenvalue weighted by atomic mass is 31.0. The van der Waals surface area contributed by atoms with Crippen molar-refractivity contribution in [2.24, 2.45) is 0 Å². The van der Waals surface area contributed by atoms with Crippen molar-refractivity contribution in [3.63, 3.8) is 0 Å². The largest absolute Gasteiger partial charge is 0.133 e. The SMILES string of the molecule is Cc1cc(P)ccc1-c1cc(CP)cc(CP)c1. The van der Waals surface area contributed by atoms with Crippen LogP contribution in [-0.2, 0) is 12.3 Å². The van der Waals surface area contributed by atoms with Crippen molar-refractivity contribution in [3.05, 3.63) is 53.1 Å². The Hall–Kier alpha value is -0.270. The fourth-order valence-electron chi connectivity index (χ4n) is 2.16. The van der Waals surface area contributed by atoms with E-state index >= 15 is 0 Å². The minimum atomic E-state index is 1.01. The average Bonchev–Trinajstić information content (AvgIpc) is 2.38. The molecular weight excluding hydrogens is 273 g/mol. The van der Waals surface area contributed by atoms with Crippen LogP contribution in [-0.4, -0.2) is 0 Å². The molecule has 0 radical (unpaired) electrons. The molecule has 0 amide bonds. The van der Waals surface area contributed by atoms with Crippen molar-refractivity contribution >= 4 is 33.0 Å². The molecule has 0 bridgehead atoms. The molecule has 0 aliphatic rings. The lowest BCUT2D eigenvalue weighted by atomic mass is 9.97. The second-order valence-corrected chi connectivity index (χ2v) is 6.00. The van der Waals surface area contributed by atoms with Gasteiger partial charge in [-0.1, -0.05) is 36.4 Å². The summed E-state index contributed by atoms with van der Waals surface area (Å²) in [5.74, 6) is 0. The molecule has 0 fully saturated rings. The van der Waals surface area contributed by atoms with Crippen molar-refractivity contribution in [2.75, 3.05) is 0 Å². The zero-order valence-corrected chi connectivity index (χ0v) is 14.1. The molecular formula is C15H19P3. The third-order valence-corrected chi connectivity index (χ3v) is 4.39. The Morgan fingerprint density at radius 1 is 0.889 bits per heavy atom. The highest BCUT2D eigenvalue weighted by Crippen LogP contribution is 2.27. The first-order valence-corrected chi connectivity index (χ1v) is 8.24. The molecule has 0 aliphatic carbocycles. The van der Waals surface area contributed by atoms with Gasteiger partial charge in [0.15, 0.2) is 0 Å². The van der Waals surface area contributed by atoms with E-state index in [9.17, 15) is 0 Å². The predicted molar refractivity (Wildman–Crippen MR) is 92.8 cm³/mol. The minimum Gasteiger partial charge on any atom is -0.133 e. The fourth-order valence-corrected chi connectivity index (χ4v) is 2.98.